The van der Waals surface area contributed by atoms with Crippen LogP contribution in [0.4, 0.5) is 0 Å². The third-order valence-electron chi connectivity index (χ3n) is 10.0. The monoisotopic (exact) mass is 814 g/mol. The van der Waals surface area contributed by atoms with Gasteiger partial charge in [-0.1, -0.05) is 84.9 Å². The molecular weight excluding hydrogens is 777 g/mol. The molecule has 60 heavy (non-hydrogen) atoms. The summed E-state index contributed by atoms with van der Waals surface area (Å²) in [6.45, 7) is 0. The van der Waals surface area contributed by atoms with E-state index in [0.29, 0.717) is 22.6 Å². The molecule has 2 atom stereocenters. The number of esters is 2. The highest BCUT2D eigenvalue weighted by molar-refractivity contribution is 7.97. The van der Waals surface area contributed by atoms with E-state index in [9.17, 15) is 9.59 Å². The summed E-state index contributed by atoms with van der Waals surface area (Å²) in [5, 5.41) is 2.08. The summed E-state index contributed by atoms with van der Waals surface area (Å²) >= 11 is 0. The number of fused-ring (bicyclic) bond motifs is 1. The molecule has 0 aliphatic heterocycles. The van der Waals surface area contributed by atoms with Crippen LogP contribution in [0.3, 0.4) is 0 Å². The van der Waals surface area contributed by atoms with Gasteiger partial charge in [0.2, 0.25) is 0 Å². The zero-order valence-corrected chi connectivity index (χ0v) is 34.0. The minimum absolute atomic E-state index is 0.376. The van der Waals surface area contributed by atoms with Crippen molar-refractivity contribution in [1.82, 2.24) is 0 Å². The summed E-state index contributed by atoms with van der Waals surface area (Å²) in [7, 11) is -0.762. The largest absolute Gasteiger partial charge is 0.423 e. The lowest BCUT2D eigenvalue weighted by Gasteiger charge is -2.11. The van der Waals surface area contributed by atoms with Crippen molar-refractivity contribution >= 4 is 44.5 Å². The quantitative estimate of drug-likeness (QED) is 0.0741. The Hall–Kier alpha value is -7.12. The first kappa shape index (κ1) is 38.4. The number of ether oxygens (including phenoxy) is 2. The molecule has 0 N–H and O–H groups in total. The highest BCUT2D eigenvalue weighted by atomic mass is 32.2. The Bertz CT molecular complexity index is 2870. The third-order valence-corrected chi connectivity index (χ3v) is 14.5. The molecule has 9 rings (SSSR count). The van der Waals surface area contributed by atoms with E-state index in [0.717, 1.165) is 31.7 Å². The van der Waals surface area contributed by atoms with Crippen molar-refractivity contribution in [3.63, 3.8) is 0 Å². The van der Waals surface area contributed by atoms with Crippen molar-refractivity contribution in [1.29, 1.82) is 0 Å². The molecule has 0 heterocycles. The second-order valence-corrected chi connectivity index (χ2v) is 18.0. The van der Waals surface area contributed by atoms with Crippen LogP contribution in [0, 0.1) is 0 Å². The van der Waals surface area contributed by atoms with Crippen LogP contribution in [-0.4, -0.2) is 11.9 Å². The van der Waals surface area contributed by atoms with Gasteiger partial charge in [-0.05, 0) is 167 Å². The minimum atomic E-state index is -0.386. The molecule has 9 aromatic carbocycles. The van der Waals surface area contributed by atoms with Gasteiger partial charge in [0.1, 0.15) is 11.5 Å². The summed E-state index contributed by atoms with van der Waals surface area (Å²) in [5.74, 6) is 0.252. The molecule has 0 saturated carbocycles. The van der Waals surface area contributed by atoms with Gasteiger partial charge in [0.15, 0.2) is 29.4 Å². The molecule has 0 radical (unpaired) electrons. The molecule has 0 spiro atoms. The Morgan fingerprint density at radius 2 is 0.650 bits per heavy atom. The SMILES string of the molecule is O=C(Oc1ccc([S+](c2ccccc2)c2ccc(-c3ccc([S+](c4ccccc4)c4ccc(OC(=O)c5ccc6ccccc6c5)cc4)cc3)cc2)cc1)c1ccccc1. The van der Waals surface area contributed by atoms with Crippen molar-refractivity contribution in [2.75, 3.05) is 0 Å². The molecule has 0 amide bonds. The lowest BCUT2D eigenvalue weighted by atomic mass is 10.1. The maximum atomic E-state index is 13.1. The molecule has 0 aliphatic rings. The van der Waals surface area contributed by atoms with Crippen molar-refractivity contribution in [2.45, 2.75) is 29.4 Å². The average molecular weight is 815 g/mol. The molecule has 4 nitrogen and oxygen atoms in total. The predicted molar refractivity (Wildman–Crippen MR) is 242 cm³/mol. The second-order valence-electron chi connectivity index (χ2n) is 13.9. The van der Waals surface area contributed by atoms with E-state index in [1.54, 1.807) is 18.2 Å². The lowest BCUT2D eigenvalue weighted by Crippen LogP contribution is -2.09. The summed E-state index contributed by atoms with van der Waals surface area (Å²) in [5.41, 5.74) is 3.29. The van der Waals surface area contributed by atoms with Gasteiger partial charge in [-0.25, -0.2) is 9.59 Å². The van der Waals surface area contributed by atoms with Crippen molar-refractivity contribution in [3.8, 4) is 22.6 Å². The summed E-state index contributed by atoms with van der Waals surface area (Å²) < 4.78 is 11.5. The van der Waals surface area contributed by atoms with E-state index in [1.165, 1.54) is 19.6 Å². The van der Waals surface area contributed by atoms with Gasteiger partial charge in [0.05, 0.1) is 32.9 Å². The smallest absolute Gasteiger partial charge is 0.343 e. The molecule has 2 unspecified atom stereocenters. The maximum absolute atomic E-state index is 13.1. The van der Waals surface area contributed by atoms with Crippen LogP contribution in [-0.2, 0) is 21.8 Å². The molecule has 0 bridgehead atoms. The highest BCUT2D eigenvalue weighted by Gasteiger charge is 2.30. The van der Waals surface area contributed by atoms with Gasteiger partial charge in [-0.2, -0.15) is 0 Å². The molecule has 288 valence electrons. The van der Waals surface area contributed by atoms with Crippen LogP contribution in [0.25, 0.3) is 21.9 Å². The van der Waals surface area contributed by atoms with E-state index in [1.807, 2.05) is 103 Å². The van der Waals surface area contributed by atoms with Gasteiger partial charge >= 0.3 is 11.9 Å². The van der Waals surface area contributed by atoms with Gasteiger partial charge in [-0.15, -0.1) is 0 Å². The Morgan fingerprint density at radius 3 is 1.10 bits per heavy atom. The van der Waals surface area contributed by atoms with E-state index >= 15 is 0 Å². The Morgan fingerprint density at radius 1 is 0.300 bits per heavy atom. The van der Waals surface area contributed by atoms with E-state index in [4.69, 9.17) is 9.47 Å². The molecule has 0 saturated heterocycles. The Balaban J connectivity index is 0.934. The van der Waals surface area contributed by atoms with Crippen molar-refractivity contribution < 1.29 is 19.1 Å². The van der Waals surface area contributed by atoms with Crippen LogP contribution in [0.2, 0.25) is 0 Å². The molecule has 0 aromatic heterocycles. The normalized spacial score (nSPS) is 12.0. The van der Waals surface area contributed by atoms with Gasteiger partial charge in [0.25, 0.3) is 0 Å². The van der Waals surface area contributed by atoms with Crippen LogP contribution < -0.4 is 9.47 Å². The van der Waals surface area contributed by atoms with E-state index in [2.05, 4.69) is 109 Å². The zero-order valence-electron chi connectivity index (χ0n) is 32.4. The number of hydrogen-bond donors (Lipinski definition) is 0. The Labute approximate surface area is 355 Å². The van der Waals surface area contributed by atoms with Crippen LogP contribution in [0.1, 0.15) is 20.7 Å². The highest BCUT2D eigenvalue weighted by Crippen LogP contribution is 2.36. The molecule has 0 fully saturated rings. The Kier molecular flexibility index (Phi) is 11.4. The standard InChI is InChI=1S/C54H38O4S2/c55-53(42-13-4-1-5-14-42)57-45-26-34-51(35-27-45)59(47-16-6-2-7-17-47)49-30-22-40(23-31-49)41-24-32-50(33-25-41)60(48-18-8-3-9-19-48)52-36-28-46(29-37-52)58-54(56)44-21-20-39-12-10-11-15-43(39)38-44/h1-38H/q+2. The maximum Gasteiger partial charge on any atom is 0.343 e. The predicted octanol–water partition coefficient (Wildman–Crippen LogP) is 13.1. The van der Waals surface area contributed by atoms with Crippen molar-refractivity contribution in [2.24, 2.45) is 0 Å². The zero-order chi connectivity index (χ0) is 40.7. The van der Waals surface area contributed by atoms with E-state index in [-0.39, 0.29) is 33.7 Å². The van der Waals surface area contributed by atoms with Crippen LogP contribution in [0.15, 0.2) is 260 Å². The first-order valence-electron chi connectivity index (χ1n) is 19.5. The van der Waals surface area contributed by atoms with E-state index < -0.39 is 0 Å². The van der Waals surface area contributed by atoms with Crippen molar-refractivity contribution in [3.05, 3.63) is 242 Å². The molecule has 0 aliphatic carbocycles. The number of carbonyl (C=O) groups excluding carboxylic acids is 2. The third kappa shape index (κ3) is 8.66. The molecular formula is C54H38O4S2+2. The van der Waals surface area contributed by atoms with Crippen LogP contribution in [0.5, 0.6) is 11.5 Å². The first-order valence-corrected chi connectivity index (χ1v) is 22.0. The number of rotatable bonds is 11. The molecule has 6 heteroatoms. The fourth-order valence-corrected chi connectivity index (χ4v) is 11.1. The minimum Gasteiger partial charge on any atom is -0.423 e. The average Bonchev–Trinajstić information content (AvgIpc) is 3.31. The summed E-state index contributed by atoms with van der Waals surface area (Å²) in [6.07, 6.45) is 0. The lowest BCUT2D eigenvalue weighted by molar-refractivity contribution is 0.0725. The van der Waals surface area contributed by atoms with Gasteiger partial charge in [-0.3, -0.25) is 0 Å². The second kappa shape index (κ2) is 17.8. The fraction of sp³-hybridized carbons (Fsp3) is 0. The summed E-state index contributed by atoms with van der Waals surface area (Å²) in [4.78, 5) is 32.8. The number of benzene rings is 9. The summed E-state index contributed by atoms with van der Waals surface area (Å²) in [6, 6.07) is 77.0. The number of hydrogen-bond acceptors (Lipinski definition) is 4. The van der Waals surface area contributed by atoms with Crippen LogP contribution >= 0.6 is 0 Å². The topological polar surface area (TPSA) is 52.6 Å². The van der Waals surface area contributed by atoms with Gasteiger partial charge in [0, 0.05) is 0 Å². The first-order chi connectivity index (χ1) is 29.6. The fourth-order valence-electron chi connectivity index (χ4n) is 7.01. The molecule has 9 aromatic rings. The van der Waals surface area contributed by atoms with Gasteiger partial charge < -0.3 is 9.47 Å². The number of carbonyl (C=O) groups is 2.